The summed E-state index contributed by atoms with van der Waals surface area (Å²) in [5.74, 6) is -4.34. The first kappa shape index (κ1) is 18.5. The molecule has 1 aliphatic rings. The second-order valence-corrected chi connectivity index (χ2v) is 6.87. The van der Waals surface area contributed by atoms with Crippen LogP contribution in [0.3, 0.4) is 0 Å². The number of hydrogen-bond acceptors (Lipinski definition) is 2. The van der Waals surface area contributed by atoms with Gasteiger partial charge in [-0.3, -0.25) is 4.79 Å². The fourth-order valence-electron chi connectivity index (χ4n) is 2.89. The van der Waals surface area contributed by atoms with E-state index in [1.165, 1.54) is 0 Å². The molecule has 0 amide bonds. The van der Waals surface area contributed by atoms with Crippen molar-refractivity contribution in [2.75, 3.05) is 0 Å². The van der Waals surface area contributed by atoms with E-state index in [1.807, 2.05) is 32.0 Å². The Bertz CT molecular complexity index is 674. The lowest BCUT2D eigenvalue weighted by molar-refractivity contribution is -0.147. The first-order chi connectivity index (χ1) is 10.9. The number of ether oxygens (including phenoxy) is 1. The van der Waals surface area contributed by atoms with Gasteiger partial charge in [0.25, 0.3) is 0 Å². The molecule has 0 aromatic heterocycles. The van der Waals surface area contributed by atoms with Crippen LogP contribution in [0.25, 0.3) is 0 Å². The first-order valence-corrected chi connectivity index (χ1v) is 7.62. The van der Waals surface area contributed by atoms with Crippen LogP contribution in [0.5, 0.6) is 0 Å². The topological polar surface area (TPSA) is 26.3 Å². The van der Waals surface area contributed by atoms with Crippen LogP contribution in [0.1, 0.15) is 30.5 Å². The molecule has 0 heterocycles. The van der Waals surface area contributed by atoms with E-state index < -0.39 is 35.2 Å². The van der Waals surface area contributed by atoms with Gasteiger partial charge in [0, 0.05) is 0 Å². The summed E-state index contributed by atoms with van der Waals surface area (Å²) in [5.41, 5.74) is 2.08. The van der Waals surface area contributed by atoms with Crippen LogP contribution >= 0.6 is 0 Å². The third kappa shape index (κ3) is 3.79. The van der Waals surface area contributed by atoms with E-state index in [9.17, 15) is 22.4 Å². The summed E-state index contributed by atoms with van der Waals surface area (Å²) < 4.78 is 55.3. The molecule has 0 spiro atoms. The summed E-state index contributed by atoms with van der Waals surface area (Å²) in [6, 6.07) is 5.73. The highest BCUT2D eigenvalue weighted by atomic mass is 19.4. The Morgan fingerprint density at radius 2 is 1.92 bits per heavy atom. The van der Waals surface area contributed by atoms with Crippen LogP contribution in [0.2, 0.25) is 0 Å². The number of alkyl halides is 3. The second-order valence-electron chi connectivity index (χ2n) is 6.87. The van der Waals surface area contributed by atoms with Gasteiger partial charge >= 0.3 is 12.1 Å². The SMILES string of the molecule is Cc1ccc(C)c(COC(=O)[C@H]2[C@@H](/C=C(\F)C(F)(F)F)C2(C)C)c1. The molecule has 1 aromatic rings. The number of hydrogen-bond donors (Lipinski definition) is 0. The molecule has 6 heteroatoms. The van der Waals surface area contributed by atoms with E-state index in [4.69, 9.17) is 4.74 Å². The first-order valence-electron chi connectivity index (χ1n) is 7.62. The smallest absolute Gasteiger partial charge is 0.442 e. The van der Waals surface area contributed by atoms with Crippen molar-refractivity contribution < 1.29 is 27.1 Å². The predicted molar refractivity (Wildman–Crippen MR) is 81.7 cm³/mol. The molecule has 1 saturated carbocycles. The van der Waals surface area contributed by atoms with Crippen LogP contribution in [0, 0.1) is 31.1 Å². The molecule has 0 saturated heterocycles. The number of halogens is 4. The molecular weight excluding hydrogens is 324 g/mol. The summed E-state index contributed by atoms with van der Waals surface area (Å²) in [7, 11) is 0. The maximum atomic E-state index is 13.1. The number of aryl methyl sites for hydroxylation is 2. The average Bonchev–Trinajstić information content (AvgIpc) is 2.99. The average molecular weight is 344 g/mol. The quantitative estimate of drug-likeness (QED) is 0.565. The van der Waals surface area contributed by atoms with E-state index >= 15 is 0 Å². The standard InChI is InChI=1S/C18H20F4O2/c1-10-5-6-11(2)12(7-10)9-24-16(23)15-13(17(15,3)4)8-14(19)18(20,21)22/h5-8,13,15H,9H2,1-4H3/b14-8-/t13-,15-/m1/s1. The second kappa shape index (κ2) is 6.22. The highest BCUT2D eigenvalue weighted by molar-refractivity contribution is 5.78. The summed E-state index contributed by atoms with van der Waals surface area (Å²) in [6.07, 6.45) is -4.53. The van der Waals surface area contributed by atoms with Crippen molar-refractivity contribution in [2.24, 2.45) is 17.3 Å². The number of carbonyl (C=O) groups is 1. The summed E-state index contributed by atoms with van der Waals surface area (Å²) in [5, 5.41) is 0. The molecule has 1 fully saturated rings. The third-order valence-electron chi connectivity index (χ3n) is 4.64. The molecule has 24 heavy (non-hydrogen) atoms. The highest BCUT2D eigenvalue weighted by Gasteiger charge is 2.62. The minimum Gasteiger partial charge on any atom is -0.461 e. The maximum absolute atomic E-state index is 13.1. The third-order valence-corrected chi connectivity index (χ3v) is 4.64. The van der Waals surface area contributed by atoms with Gasteiger partial charge < -0.3 is 4.74 Å². The normalized spacial score (nSPS) is 23.1. The molecule has 0 radical (unpaired) electrons. The number of carbonyl (C=O) groups excluding carboxylic acids is 1. The molecule has 0 unspecified atom stereocenters. The zero-order valence-corrected chi connectivity index (χ0v) is 14.0. The van der Waals surface area contributed by atoms with Crippen LogP contribution in [0.15, 0.2) is 30.1 Å². The van der Waals surface area contributed by atoms with Gasteiger partial charge in [0.1, 0.15) is 6.61 Å². The molecule has 132 valence electrons. The summed E-state index contributed by atoms with van der Waals surface area (Å²) in [6.45, 7) is 7.10. The molecule has 1 aromatic carbocycles. The van der Waals surface area contributed by atoms with Crippen molar-refractivity contribution in [3.8, 4) is 0 Å². The molecule has 2 nitrogen and oxygen atoms in total. The molecule has 2 atom stereocenters. The van der Waals surface area contributed by atoms with Crippen molar-refractivity contribution >= 4 is 5.97 Å². The van der Waals surface area contributed by atoms with Crippen molar-refractivity contribution in [1.29, 1.82) is 0 Å². The van der Waals surface area contributed by atoms with Gasteiger partial charge in [-0.1, -0.05) is 37.6 Å². The maximum Gasteiger partial charge on any atom is 0.442 e. The van der Waals surface area contributed by atoms with Crippen LogP contribution in [0.4, 0.5) is 17.6 Å². The van der Waals surface area contributed by atoms with Gasteiger partial charge in [-0.2, -0.15) is 13.2 Å². The lowest BCUT2D eigenvalue weighted by Gasteiger charge is -2.09. The van der Waals surface area contributed by atoms with Gasteiger partial charge in [-0.05, 0) is 42.4 Å². The number of allylic oxidation sites excluding steroid dienone is 2. The van der Waals surface area contributed by atoms with Gasteiger partial charge in [-0.15, -0.1) is 0 Å². The number of benzene rings is 1. The predicted octanol–water partition coefficient (Wildman–Crippen LogP) is 5.03. The van der Waals surface area contributed by atoms with Gasteiger partial charge in [0.05, 0.1) is 5.92 Å². The Morgan fingerprint density at radius 1 is 1.29 bits per heavy atom. The number of rotatable bonds is 4. The van der Waals surface area contributed by atoms with Gasteiger partial charge in [0.15, 0.2) is 5.83 Å². The zero-order valence-electron chi connectivity index (χ0n) is 14.0. The highest BCUT2D eigenvalue weighted by Crippen LogP contribution is 2.60. The van der Waals surface area contributed by atoms with E-state index in [0.717, 1.165) is 16.7 Å². The van der Waals surface area contributed by atoms with Gasteiger partial charge in [0.2, 0.25) is 0 Å². The number of esters is 1. The van der Waals surface area contributed by atoms with Crippen molar-refractivity contribution in [2.45, 2.75) is 40.5 Å². The zero-order chi connectivity index (χ0) is 18.3. The van der Waals surface area contributed by atoms with E-state index in [1.54, 1.807) is 13.8 Å². The Morgan fingerprint density at radius 3 is 2.50 bits per heavy atom. The fraction of sp³-hybridized carbons (Fsp3) is 0.500. The van der Waals surface area contributed by atoms with Crippen molar-refractivity contribution in [1.82, 2.24) is 0 Å². The minimum atomic E-state index is -5.02. The minimum absolute atomic E-state index is 0.0527. The fourth-order valence-corrected chi connectivity index (χ4v) is 2.89. The van der Waals surface area contributed by atoms with E-state index in [-0.39, 0.29) is 6.61 Å². The monoisotopic (exact) mass is 344 g/mol. The van der Waals surface area contributed by atoms with E-state index in [0.29, 0.717) is 6.08 Å². The Labute approximate surface area is 138 Å². The Balaban J connectivity index is 2.04. The molecule has 1 aliphatic carbocycles. The Kier molecular flexibility index (Phi) is 4.79. The van der Waals surface area contributed by atoms with Crippen LogP contribution in [-0.2, 0) is 16.1 Å². The van der Waals surface area contributed by atoms with Gasteiger partial charge in [-0.25, -0.2) is 4.39 Å². The molecule has 0 aliphatic heterocycles. The summed E-state index contributed by atoms with van der Waals surface area (Å²) >= 11 is 0. The van der Waals surface area contributed by atoms with Crippen molar-refractivity contribution in [3.05, 3.63) is 46.8 Å². The lowest BCUT2D eigenvalue weighted by atomic mass is 10.1. The molecule has 0 N–H and O–H groups in total. The Hall–Kier alpha value is -1.85. The largest absolute Gasteiger partial charge is 0.461 e. The summed E-state index contributed by atoms with van der Waals surface area (Å²) in [4.78, 5) is 12.2. The molecule has 0 bridgehead atoms. The lowest BCUT2D eigenvalue weighted by Crippen LogP contribution is -2.11. The molecule has 2 rings (SSSR count). The van der Waals surface area contributed by atoms with E-state index in [2.05, 4.69) is 0 Å². The van der Waals surface area contributed by atoms with Crippen LogP contribution < -0.4 is 0 Å². The van der Waals surface area contributed by atoms with Crippen molar-refractivity contribution in [3.63, 3.8) is 0 Å². The van der Waals surface area contributed by atoms with Crippen LogP contribution in [-0.4, -0.2) is 12.1 Å². The molecular formula is C18H20F4O2.